The standard InChI is InChI=1S/C21H27N3O3/c1-12-7-20(23-21-16(12)5-4-6-19(21)27-3)24-10-14-8-17(22-13(2)25)18(26)9-15(14)11-24/h4-7,14-15,17-18,26H,8-11H2,1-3H3,(H,22,25)/t14-,15+,17-,18-/m1/s1. The molecule has 1 saturated carbocycles. The second kappa shape index (κ2) is 7.00. The molecule has 1 saturated heterocycles. The van der Waals surface area contributed by atoms with E-state index in [2.05, 4.69) is 29.3 Å². The molecule has 2 heterocycles. The van der Waals surface area contributed by atoms with E-state index in [1.807, 2.05) is 12.1 Å². The number of para-hydroxylation sites is 1. The minimum atomic E-state index is -0.471. The number of aryl methyl sites for hydroxylation is 1. The number of pyridine rings is 1. The van der Waals surface area contributed by atoms with Crippen LogP contribution in [0.5, 0.6) is 5.75 Å². The predicted molar refractivity (Wildman–Crippen MR) is 105 cm³/mol. The first kappa shape index (κ1) is 18.0. The number of benzene rings is 1. The number of ether oxygens (including phenoxy) is 1. The number of fused-ring (bicyclic) bond motifs is 2. The SMILES string of the molecule is COc1cccc2c(C)cc(N3C[C@H]4C[C@@H](NC(C)=O)[C@H](O)C[C@H]4C3)nc12. The van der Waals surface area contributed by atoms with Crippen molar-refractivity contribution in [2.45, 2.75) is 38.8 Å². The van der Waals surface area contributed by atoms with Crippen molar-refractivity contribution >= 4 is 22.6 Å². The molecule has 0 spiro atoms. The van der Waals surface area contributed by atoms with Crippen molar-refractivity contribution in [3.05, 3.63) is 29.8 Å². The van der Waals surface area contributed by atoms with E-state index < -0.39 is 6.10 Å². The minimum absolute atomic E-state index is 0.0775. The van der Waals surface area contributed by atoms with Crippen molar-refractivity contribution in [1.82, 2.24) is 10.3 Å². The second-order valence-electron chi connectivity index (χ2n) is 7.92. The highest BCUT2D eigenvalue weighted by Gasteiger charge is 2.42. The van der Waals surface area contributed by atoms with E-state index in [1.54, 1.807) is 7.11 Å². The summed E-state index contributed by atoms with van der Waals surface area (Å²) in [7, 11) is 1.67. The van der Waals surface area contributed by atoms with Crippen molar-refractivity contribution in [1.29, 1.82) is 0 Å². The number of nitrogens with one attached hydrogen (secondary N) is 1. The topological polar surface area (TPSA) is 74.7 Å². The average molecular weight is 369 g/mol. The van der Waals surface area contributed by atoms with Gasteiger partial charge in [-0.3, -0.25) is 4.79 Å². The van der Waals surface area contributed by atoms with E-state index >= 15 is 0 Å². The smallest absolute Gasteiger partial charge is 0.217 e. The molecule has 2 aromatic rings. The zero-order valence-electron chi connectivity index (χ0n) is 16.1. The lowest BCUT2D eigenvalue weighted by molar-refractivity contribution is -0.121. The van der Waals surface area contributed by atoms with Gasteiger partial charge in [-0.1, -0.05) is 12.1 Å². The number of aromatic nitrogens is 1. The van der Waals surface area contributed by atoms with Crippen LogP contribution >= 0.6 is 0 Å². The van der Waals surface area contributed by atoms with Gasteiger partial charge in [-0.25, -0.2) is 4.98 Å². The lowest BCUT2D eigenvalue weighted by Crippen LogP contribution is -2.48. The van der Waals surface area contributed by atoms with E-state index in [0.29, 0.717) is 11.8 Å². The maximum absolute atomic E-state index is 11.4. The van der Waals surface area contributed by atoms with Gasteiger partial charge in [0.1, 0.15) is 17.1 Å². The van der Waals surface area contributed by atoms with Crippen molar-refractivity contribution < 1.29 is 14.6 Å². The molecular weight excluding hydrogens is 342 g/mol. The maximum atomic E-state index is 11.4. The highest BCUT2D eigenvalue weighted by atomic mass is 16.5. The quantitative estimate of drug-likeness (QED) is 0.868. The van der Waals surface area contributed by atoms with Crippen LogP contribution in [0.4, 0.5) is 5.82 Å². The number of methoxy groups -OCH3 is 1. The highest BCUT2D eigenvalue weighted by molar-refractivity contribution is 5.89. The Morgan fingerprint density at radius 2 is 2.04 bits per heavy atom. The molecule has 4 rings (SSSR count). The molecule has 144 valence electrons. The van der Waals surface area contributed by atoms with Crippen molar-refractivity contribution in [3.8, 4) is 5.75 Å². The molecule has 1 aromatic heterocycles. The molecule has 2 N–H and O–H groups in total. The molecule has 1 aliphatic carbocycles. The monoisotopic (exact) mass is 369 g/mol. The van der Waals surface area contributed by atoms with Gasteiger partial charge in [0, 0.05) is 25.4 Å². The predicted octanol–water partition coefficient (Wildman–Crippen LogP) is 2.26. The van der Waals surface area contributed by atoms with Crippen LogP contribution in [0.25, 0.3) is 10.9 Å². The molecule has 0 unspecified atom stereocenters. The molecule has 1 aromatic carbocycles. The molecule has 6 heteroatoms. The largest absolute Gasteiger partial charge is 0.494 e. The lowest BCUT2D eigenvalue weighted by Gasteiger charge is -2.35. The van der Waals surface area contributed by atoms with Gasteiger partial charge in [-0.05, 0) is 49.3 Å². The van der Waals surface area contributed by atoms with Crippen LogP contribution in [-0.2, 0) is 4.79 Å². The summed E-state index contributed by atoms with van der Waals surface area (Å²) in [6.45, 7) is 5.41. The van der Waals surface area contributed by atoms with E-state index in [4.69, 9.17) is 9.72 Å². The fourth-order valence-electron chi connectivity index (χ4n) is 4.73. The molecule has 0 radical (unpaired) electrons. The molecular formula is C21H27N3O3. The molecule has 6 nitrogen and oxygen atoms in total. The van der Waals surface area contributed by atoms with Crippen LogP contribution in [0, 0.1) is 18.8 Å². The number of hydrogen-bond donors (Lipinski definition) is 2. The number of anilines is 1. The second-order valence-corrected chi connectivity index (χ2v) is 7.92. The Bertz CT molecular complexity index is 869. The number of carbonyl (C=O) groups is 1. The number of aliphatic hydroxyl groups is 1. The third-order valence-corrected chi connectivity index (χ3v) is 6.07. The average Bonchev–Trinajstić information content (AvgIpc) is 3.04. The van der Waals surface area contributed by atoms with E-state index in [9.17, 15) is 9.90 Å². The number of hydrogen-bond acceptors (Lipinski definition) is 5. The van der Waals surface area contributed by atoms with Crippen molar-refractivity contribution in [2.75, 3.05) is 25.1 Å². The molecule has 27 heavy (non-hydrogen) atoms. The first-order valence-corrected chi connectivity index (χ1v) is 9.60. The lowest BCUT2D eigenvalue weighted by atomic mass is 9.77. The fourth-order valence-corrected chi connectivity index (χ4v) is 4.73. The summed E-state index contributed by atoms with van der Waals surface area (Å²) < 4.78 is 5.51. The maximum Gasteiger partial charge on any atom is 0.217 e. The van der Waals surface area contributed by atoms with Crippen molar-refractivity contribution in [3.63, 3.8) is 0 Å². The Balaban J connectivity index is 1.60. The van der Waals surface area contributed by atoms with Gasteiger partial charge < -0.3 is 20.1 Å². The summed E-state index contributed by atoms with van der Waals surface area (Å²) in [6, 6.07) is 8.00. The summed E-state index contributed by atoms with van der Waals surface area (Å²) in [5.74, 6) is 2.56. The zero-order valence-corrected chi connectivity index (χ0v) is 16.1. The van der Waals surface area contributed by atoms with Gasteiger partial charge in [0.25, 0.3) is 0 Å². The van der Waals surface area contributed by atoms with Crippen LogP contribution in [0.3, 0.4) is 0 Å². The summed E-state index contributed by atoms with van der Waals surface area (Å²) >= 11 is 0. The molecule has 1 aliphatic heterocycles. The Labute approximate surface area is 159 Å². The Hall–Kier alpha value is -2.34. The normalized spacial score (nSPS) is 27.5. The first-order chi connectivity index (χ1) is 13.0. The molecule has 1 amide bonds. The number of rotatable bonds is 3. The Morgan fingerprint density at radius 3 is 2.74 bits per heavy atom. The molecule has 2 aliphatic rings. The molecule has 4 atom stereocenters. The van der Waals surface area contributed by atoms with E-state index in [1.165, 1.54) is 12.5 Å². The fraction of sp³-hybridized carbons (Fsp3) is 0.524. The van der Waals surface area contributed by atoms with Gasteiger partial charge in [-0.15, -0.1) is 0 Å². The summed E-state index contributed by atoms with van der Waals surface area (Å²) in [5.41, 5.74) is 2.07. The number of nitrogens with zero attached hydrogens (tertiary/aromatic N) is 2. The van der Waals surface area contributed by atoms with Crippen LogP contribution in [-0.4, -0.2) is 48.3 Å². The summed E-state index contributed by atoms with van der Waals surface area (Å²) in [4.78, 5) is 18.6. The van der Waals surface area contributed by atoms with E-state index in [-0.39, 0.29) is 11.9 Å². The third kappa shape index (κ3) is 3.34. The number of aliphatic hydroxyl groups excluding tert-OH is 1. The third-order valence-electron chi connectivity index (χ3n) is 6.07. The van der Waals surface area contributed by atoms with Crippen LogP contribution < -0.4 is 15.0 Å². The van der Waals surface area contributed by atoms with Gasteiger partial charge in [0.05, 0.1) is 19.3 Å². The molecule has 0 bridgehead atoms. The van der Waals surface area contributed by atoms with Gasteiger partial charge in [0.2, 0.25) is 5.91 Å². The van der Waals surface area contributed by atoms with Gasteiger partial charge in [-0.2, -0.15) is 0 Å². The van der Waals surface area contributed by atoms with Gasteiger partial charge in [0.15, 0.2) is 0 Å². The van der Waals surface area contributed by atoms with E-state index in [0.717, 1.165) is 48.4 Å². The first-order valence-electron chi connectivity index (χ1n) is 9.60. The Morgan fingerprint density at radius 1 is 1.30 bits per heavy atom. The number of amides is 1. The molecule has 2 fully saturated rings. The summed E-state index contributed by atoms with van der Waals surface area (Å²) in [6.07, 6.45) is 1.07. The summed E-state index contributed by atoms with van der Waals surface area (Å²) in [5, 5.41) is 14.4. The zero-order chi connectivity index (χ0) is 19.1. The highest BCUT2D eigenvalue weighted by Crippen LogP contribution is 2.39. The van der Waals surface area contributed by atoms with Crippen LogP contribution in [0.2, 0.25) is 0 Å². The Kier molecular flexibility index (Phi) is 4.68. The van der Waals surface area contributed by atoms with Gasteiger partial charge >= 0.3 is 0 Å². The van der Waals surface area contributed by atoms with Crippen LogP contribution in [0.1, 0.15) is 25.3 Å². The minimum Gasteiger partial charge on any atom is -0.494 e. The van der Waals surface area contributed by atoms with Crippen LogP contribution in [0.15, 0.2) is 24.3 Å². The van der Waals surface area contributed by atoms with Crippen molar-refractivity contribution in [2.24, 2.45) is 11.8 Å². The number of carbonyl (C=O) groups excluding carboxylic acids is 1.